The number of hydrogen-bond donors (Lipinski definition) is 0. The van der Waals surface area contributed by atoms with Crippen LogP contribution < -0.4 is 9.64 Å². The summed E-state index contributed by atoms with van der Waals surface area (Å²) in [5.41, 5.74) is 4.38. The molecular formula is C22H24ClNO2. The maximum atomic E-state index is 12.6. The van der Waals surface area contributed by atoms with Gasteiger partial charge in [-0.2, -0.15) is 0 Å². The van der Waals surface area contributed by atoms with E-state index in [4.69, 9.17) is 16.3 Å². The van der Waals surface area contributed by atoms with Gasteiger partial charge in [-0.15, -0.1) is 0 Å². The molecule has 0 saturated carbocycles. The SMILES string of the molecule is CC(C)=CCOc1cc(Cl)ccc1C1CC(=O)N(c2ccc(C)cc2)C1. The number of nitrogens with zero attached hydrogens (tertiary/aromatic N) is 1. The molecule has 1 heterocycles. The second-order valence-corrected chi connectivity index (χ2v) is 7.45. The maximum Gasteiger partial charge on any atom is 0.227 e. The van der Waals surface area contributed by atoms with Gasteiger partial charge in [-0.25, -0.2) is 0 Å². The first-order valence-corrected chi connectivity index (χ1v) is 9.24. The fourth-order valence-electron chi connectivity index (χ4n) is 3.16. The van der Waals surface area contributed by atoms with Crippen molar-refractivity contribution in [3.63, 3.8) is 0 Å². The number of ether oxygens (including phenoxy) is 1. The van der Waals surface area contributed by atoms with Crippen LogP contribution in [0.3, 0.4) is 0 Å². The molecule has 0 radical (unpaired) electrons. The average molecular weight is 370 g/mol. The lowest BCUT2D eigenvalue weighted by Gasteiger charge is -2.19. The van der Waals surface area contributed by atoms with Crippen molar-refractivity contribution in [2.24, 2.45) is 0 Å². The third kappa shape index (κ3) is 4.28. The molecule has 0 aromatic heterocycles. The normalized spacial score (nSPS) is 16.7. The molecule has 0 spiro atoms. The highest BCUT2D eigenvalue weighted by Gasteiger charge is 2.33. The van der Waals surface area contributed by atoms with Crippen molar-refractivity contribution in [2.45, 2.75) is 33.1 Å². The molecule has 1 unspecified atom stereocenters. The Morgan fingerprint density at radius 3 is 2.65 bits per heavy atom. The highest BCUT2D eigenvalue weighted by Crippen LogP contribution is 2.37. The van der Waals surface area contributed by atoms with Crippen LogP contribution in [0.15, 0.2) is 54.1 Å². The summed E-state index contributed by atoms with van der Waals surface area (Å²) >= 11 is 6.16. The number of allylic oxidation sites excluding steroid dienone is 1. The largest absolute Gasteiger partial charge is 0.489 e. The van der Waals surface area contributed by atoms with E-state index >= 15 is 0 Å². The number of benzene rings is 2. The summed E-state index contributed by atoms with van der Waals surface area (Å²) in [6.07, 6.45) is 2.51. The Hall–Kier alpha value is -2.26. The van der Waals surface area contributed by atoms with Crippen LogP contribution in [-0.2, 0) is 4.79 Å². The molecule has 1 saturated heterocycles. The highest BCUT2D eigenvalue weighted by atomic mass is 35.5. The lowest BCUT2D eigenvalue weighted by atomic mass is 9.97. The number of anilines is 1. The Balaban J connectivity index is 1.82. The molecule has 3 nitrogen and oxygen atoms in total. The summed E-state index contributed by atoms with van der Waals surface area (Å²) < 4.78 is 5.94. The number of rotatable bonds is 5. The van der Waals surface area contributed by atoms with E-state index < -0.39 is 0 Å². The van der Waals surface area contributed by atoms with E-state index in [-0.39, 0.29) is 11.8 Å². The van der Waals surface area contributed by atoms with Gasteiger partial charge < -0.3 is 9.64 Å². The molecule has 1 fully saturated rings. The molecule has 1 atom stereocenters. The van der Waals surface area contributed by atoms with Gasteiger partial charge in [0.1, 0.15) is 12.4 Å². The molecule has 2 aromatic rings. The van der Waals surface area contributed by atoms with Crippen LogP contribution in [0.5, 0.6) is 5.75 Å². The number of carbonyl (C=O) groups is 1. The van der Waals surface area contributed by atoms with Crippen LogP contribution in [0.1, 0.15) is 37.3 Å². The van der Waals surface area contributed by atoms with Crippen molar-refractivity contribution in [2.75, 3.05) is 18.1 Å². The Labute approximate surface area is 160 Å². The zero-order chi connectivity index (χ0) is 18.7. The van der Waals surface area contributed by atoms with Gasteiger partial charge in [-0.1, -0.05) is 40.9 Å². The monoisotopic (exact) mass is 369 g/mol. The van der Waals surface area contributed by atoms with Crippen molar-refractivity contribution < 1.29 is 9.53 Å². The summed E-state index contributed by atoms with van der Waals surface area (Å²) in [6, 6.07) is 13.8. The topological polar surface area (TPSA) is 29.5 Å². The summed E-state index contributed by atoms with van der Waals surface area (Å²) in [5.74, 6) is 1.00. The number of amides is 1. The van der Waals surface area contributed by atoms with Crippen molar-refractivity contribution in [1.29, 1.82) is 0 Å². The molecule has 1 amide bonds. The molecule has 1 aliphatic rings. The van der Waals surface area contributed by atoms with Crippen LogP contribution in [0, 0.1) is 6.92 Å². The first kappa shape index (κ1) is 18.5. The Morgan fingerprint density at radius 1 is 1.23 bits per heavy atom. The van der Waals surface area contributed by atoms with Crippen LogP contribution in [0.2, 0.25) is 5.02 Å². The van der Waals surface area contributed by atoms with E-state index in [0.29, 0.717) is 24.6 Å². The second kappa shape index (κ2) is 7.96. The molecule has 0 N–H and O–H groups in total. The first-order valence-electron chi connectivity index (χ1n) is 8.86. The van der Waals surface area contributed by atoms with Gasteiger partial charge in [0.15, 0.2) is 0 Å². The Bertz CT molecular complexity index is 823. The van der Waals surface area contributed by atoms with Gasteiger partial charge in [0.05, 0.1) is 0 Å². The fourth-order valence-corrected chi connectivity index (χ4v) is 3.32. The smallest absolute Gasteiger partial charge is 0.227 e. The van der Waals surface area contributed by atoms with Gasteiger partial charge in [-0.05, 0) is 56.7 Å². The minimum Gasteiger partial charge on any atom is -0.489 e. The summed E-state index contributed by atoms with van der Waals surface area (Å²) in [4.78, 5) is 14.4. The van der Waals surface area contributed by atoms with Crippen LogP contribution in [0.4, 0.5) is 5.69 Å². The van der Waals surface area contributed by atoms with E-state index in [1.807, 2.05) is 74.2 Å². The number of carbonyl (C=O) groups excluding carboxylic acids is 1. The summed E-state index contributed by atoms with van der Waals surface area (Å²) in [6.45, 7) is 7.28. The number of aryl methyl sites for hydroxylation is 1. The predicted octanol–water partition coefficient (Wildman–Crippen LogP) is 5.51. The molecule has 1 aliphatic heterocycles. The van der Waals surface area contributed by atoms with E-state index in [0.717, 1.165) is 17.0 Å². The van der Waals surface area contributed by atoms with Gasteiger partial charge in [-0.3, -0.25) is 4.79 Å². The fraction of sp³-hybridized carbons (Fsp3) is 0.318. The average Bonchev–Trinajstić information content (AvgIpc) is 2.97. The second-order valence-electron chi connectivity index (χ2n) is 7.02. The zero-order valence-corrected chi connectivity index (χ0v) is 16.2. The minimum absolute atomic E-state index is 0.0998. The number of halogens is 1. The van der Waals surface area contributed by atoms with E-state index in [1.165, 1.54) is 11.1 Å². The van der Waals surface area contributed by atoms with Crippen LogP contribution in [0.25, 0.3) is 0 Å². The zero-order valence-electron chi connectivity index (χ0n) is 15.5. The summed E-state index contributed by atoms with van der Waals surface area (Å²) in [5, 5.41) is 0.640. The van der Waals surface area contributed by atoms with E-state index in [1.54, 1.807) is 0 Å². The van der Waals surface area contributed by atoms with Gasteiger partial charge in [0.25, 0.3) is 0 Å². The number of hydrogen-bond acceptors (Lipinski definition) is 2. The van der Waals surface area contributed by atoms with Crippen molar-refractivity contribution in [1.82, 2.24) is 0 Å². The van der Waals surface area contributed by atoms with Gasteiger partial charge in [0, 0.05) is 29.6 Å². The lowest BCUT2D eigenvalue weighted by molar-refractivity contribution is -0.117. The first-order chi connectivity index (χ1) is 12.4. The van der Waals surface area contributed by atoms with Gasteiger partial charge in [0.2, 0.25) is 5.91 Å². The Kier molecular flexibility index (Phi) is 5.67. The molecule has 2 aromatic carbocycles. The lowest BCUT2D eigenvalue weighted by Crippen LogP contribution is -2.24. The van der Waals surface area contributed by atoms with E-state index in [2.05, 4.69) is 0 Å². The van der Waals surface area contributed by atoms with Crippen molar-refractivity contribution in [3.05, 3.63) is 70.3 Å². The third-order valence-corrected chi connectivity index (χ3v) is 4.85. The maximum absolute atomic E-state index is 12.6. The van der Waals surface area contributed by atoms with Crippen molar-refractivity contribution in [3.8, 4) is 5.75 Å². The van der Waals surface area contributed by atoms with Gasteiger partial charge >= 0.3 is 0 Å². The molecule has 0 aliphatic carbocycles. The molecule has 3 rings (SSSR count). The van der Waals surface area contributed by atoms with E-state index in [9.17, 15) is 4.79 Å². The molecule has 4 heteroatoms. The third-order valence-electron chi connectivity index (χ3n) is 4.62. The minimum atomic E-state index is 0.0998. The highest BCUT2D eigenvalue weighted by molar-refractivity contribution is 6.30. The van der Waals surface area contributed by atoms with Crippen LogP contribution >= 0.6 is 11.6 Å². The molecular weight excluding hydrogens is 346 g/mol. The Morgan fingerprint density at radius 2 is 1.96 bits per heavy atom. The molecule has 0 bridgehead atoms. The van der Waals surface area contributed by atoms with Crippen molar-refractivity contribution >= 4 is 23.2 Å². The molecule has 26 heavy (non-hydrogen) atoms. The quantitative estimate of drug-likeness (QED) is 0.650. The predicted molar refractivity (Wildman–Crippen MR) is 107 cm³/mol. The standard InChI is InChI=1S/C22H24ClNO2/c1-15(2)10-11-26-21-13-18(23)6-9-20(21)17-12-22(25)24(14-17)19-7-4-16(3)5-8-19/h4-10,13,17H,11-12,14H2,1-3H3. The molecule has 136 valence electrons. The summed E-state index contributed by atoms with van der Waals surface area (Å²) in [7, 11) is 0. The van der Waals surface area contributed by atoms with Crippen LogP contribution in [-0.4, -0.2) is 19.1 Å².